The molecule has 21 heavy (non-hydrogen) atoms. The van der Waals surface area contributed by atoms with Crippen molar-refractivity contribution in [2.24, 2.45) is 0 Å². The van der Waals surface area contributed by atoms with E-state index in [2.05, 4.69) is 60.1 Å². The molecule has 0 bridgehead atoms. The molecule has 2 unspecified atom stereocenters. The van der Waals surface area contributed by atoms with Gasteiger partial charge in [0.15, 0.2) is 0 Å². The van der Waals surface area contributed by atoms with E-state index in [0.717, 1.165) is 12.2 Å². The summed E-state index contributed by atoms with van der Waals surface area (Å²) < 4.78 is 5.58. The zero-order chi connectivity index (χ0) is 14.5. The third-order valence-corrected chi connectivity index (χ3v) is 4.56. The van der Waals surface area contributed by atoms with Crippen molar-refractivity contribution in [3.63, 3.8) is 0 Å². The molecule has 0 radical (unpaired) electrons. The Hall–Kier alpha value is -1.84. The van der Waals surface area contributed by atoms with Crippen LogP contribution in [-0.2, 0) is 0 Å². The molecule has 108 valence electrons. The Balaban J connectivity index is 1.89. The van der Waals surface area contributed by atoms with Gasteiger partial charge in [-0.15, -0.1) is 11.3 Å². The number of hydrogen-bond acceptors (Lipinski definition) is 3. The van der Waals surface area contributed by atoms with Gasteiger partial charge in [0.25, 0.3) is 0 Å². The van der Waals surface area contributed by atoms with Crippen molar-refractivity contribution in [2.45, 2.75) is 25.4 Å². The van der Waals surface area contributed by atoms with Crippen LogP contribution in [0.4, 0.5) is 0 Å². The number of nitrogens with one attached hydrogen (secondary N) is 1. The minimum absolute atomic E-state index is 0.196. The van der Waals surface area contributed by atoms with Crippen molar-refractivity contribution in [2.75, 3.05) is 0 Å². The normalized spacial score (nSPS) is 14.0. The Morgan fingerprint density at radius 1 is 1.05 bits per heavy atom. The van der Waals surface area contributed by atoms with Crippen LogP contribution in [0.1, 0.15) is 41.6 Å². The first-order chi connectivity index (χ1) is 10.4. The van der Waals surface area contributed by atoms with Crippen molar-refractivity contribution in [1.82, 2.24) is 5.32 Å². The summed E-state index contributed by atoms with van der Waals surface area (Å²) >= 11 is 1.78. The second-order valence-electron chi connectivity index (χ2n) is 5.00. The minimum atomic E-state index is 0.196. The van der Waals surface area contributed by atoms with Crippen LogP contribution in [0.15, 0.2) is 70.7 Å². The predicted molar refractivity (Wildman–Crippen MR) is 87.5 cm³/mol. The topological polar surface area (TPSA) is 25.2 Å². The summed E-state index contributed by atoms with van der Waals surface area (Å²) in [5, 5.41) is 5.87. The molecule has 0 spiro atoms. The number of thiophene rings is 1. The number of benzene rings is 1. The highest BCUT2D eigenvalue weighted by Gasteiger charge is 2.21. The second-order valence-corrected chi connectivity index (χ2v) is 5.98. The molecular formula is C18H19NOS. The quantitative estimate of drug-likeness (QED) is 0.679. The van der Waals surface area contributed by atoms with Gasteiger partial charge in [0.1, 0.15) is 5.76 Å². The van der Waals surface area contributed by atoms with E-state index in [9.17, 15) is 0 Å². The molecule has 1 N–H and O–H groups in total. The summed E-state index contributed by atoms with van der Waals surface area (Å²) in [5.41, 5.74) is 1.28. The van der Waals surface area contributed by atoms with Gasteiger partial charge in [0.2, 0.25) is 0 Å². The largest absolute Gasteiger partial charge is 0.468 e. The van der Waals surface area contributed by atoms with Gasteiger partial charge in [0.05, 0.1) is 18.3 Å². The van der Waals surface area contributed by atoms with Crippen molar-refractivity contribution < 1.29 is 4.42 Å². The SMILES string of the molecule is CCC(NC(c1ccccc1)c1cccs1)c1ccco1. The molecule has 2 atom stereocenters. The van der Waals surface area contributed by atoms with E-state index >= 15 is 0 Å². The molecule has 0 fully saturated rings. The van der Waals surface area contributed by atoms with E-state index in [0.29, 0.717) is 0 Å². The van der Waals surface area contributed by atoms with Crippen molar-refractivity contribution >= 4 is 11.3 Å². The molecule has 3 rings (SSSR count). The third kappa shape index (κ3) is 3.26. The number of furan rings is 1. The molecule has 0 saturated heterocycles. The zero-order valence-corrected chi connectivity index (χ0v) is 12.8. The van der Waals surface area contributed by atoms with Gasteiger partial charge in [-0.2, -0.15) is 0 Å². The van der Waals surface area contributed by atoms with E-state index in [1.54, 1.807) is 17.6 Å². The molecule has 0 saturated carbocycles. The summed E-state index contributed by atoms with van der Waals surface area (Å²) in [5.74, 6) is 0.995. The lowest BCUT2D eigenvalue weighted by Crippen LogP contribution is -2.26. The highest BCUT2D eigenvalue weighted by atomic mass is 32.1. The fourth-order valence-electron chi connectivity index (χ4n) is 2.54. The molecule has 3 aromatic rings. The van der Waals surface area contributed by atoms with Gasteiger partial charge >= 0.3 is 0 Å². The van der Waals surface area contributed by atoms with Gasteiger partial charge in [0, 0.05) is 4.88 Å². The van der Waals surface area contributed by atoms with Gasteiger partial charge in [-0.25, -0.2) is 0 Å². The van der Waals surface area contributed by atoms with E-state index < -0.39 is 0 Å². The second kappa shape index (κ2) is 6.74. The lowest BCUT2D eigenvalue weighted by Gasteiger charge is -2.23. The van der Waals surface area contributed by atoms with Crippen LogP contribution < -0.4 is 5.32 Å². The van der Waals surface area contributed by atoms with Crippen LogP contribution >= 0.6 is 11.3 Å². The van der Waals surface area contributed by atoms with E-state index in [1.165, 1.54) is 10.4 Å². The van der Waals surface area contributed by atoms with Crippen LogP contribution in [0.3, 0.4) is 0 Å². The first-order valence-corrected chi connectivity index (χ1v) is 8.14. The molecular weight excluding hydrogens is 278 g/mol. The lowest BCUT2D eigenvalue weighted by atomic mass is 10.0. The molecule has 0 aliphatic heterocycles. The van der Waals surface area contributed by atoms with Gasteiger partial charge in [-0.05, 0) is 35.6 Å². The lowest BCUT2D eigenvalue weighted by molar-refractivity contribution is 0.386. The van der Waals surface area contributed by atoms with Crippen LogP contribution in [0.25, 0.3) is 0 Å². The predicted octanol–water partition coefficient (Wildman–Crippen LogP) is 5.17. The summed E-state index contributed by atoms with van der Waals surface area (Å²) in [4.78, 5) is 1.33. The Bertz CT molecular complexity index is 631. The van der Waals surface area contributed by atoms with Gasteiger partial charge < -0.3 is 4.42 Å². The highest BCUT2D eigenvalue weighted by Crippen LogP contribution is 2.30. The van der Waals surface area contributed by atoms with Crippen LogP contribution in [0.5, 0.6) is 0 Å². The molecule has 3 heteroatoms. The Kier molecular flexibility index (Phi) is 4.53. The first kappa shape index (κ1) is 14.1. The summed E-state index contributed by atoms with van der Waals surface area (Å²) in [6.07, 6.45) is 2.73. The molecule has 1 aromatic carbocycles. The molecule has 2 aromatic heterocycles. The molecule has 0 aliphatic carbocycles. The maximum absolute atomic E-state index is 5.58. The summed E-state index contributed by atoms with van der Waals surface area (Å²) in [7, 11) is 0. The third-order valence-electron chi connectivity index (χ3n) is 3.62. The Morgan fingerprint density at radius 2 is 1.90 bits per heavy atom. The molecule has 2 heterocycles. The van der Waals surface area contributed by atoms with Crippen LogP contribution in [0, 0.1) is 0 Å². The Labute approximate surface area is 129 Å². The van der Waals surface area contributed by atoms with Crippen molar-refractivity contribution in [1.29, 1.82) is 0 Å². The van der Waals surface area contributed by atoms with Gasteiger partial charge in [-0.3, -0.25) is 5.32 Å². The highest BCUT2D eigenvalue weighted by molar-refractivity contribution is 7.10. The monoisotopic (exact) mass is 297 g/mol. The molecule has 2 nitrogen and oxygen atoms in total. The maximum atomic E-state index is 5.58. The average molecular weight is 297 g/mol. The average Bonchev–Trinajstić information content (AvgIpc) is 3.23. The van der Waals surface area contributed by atoms with E-state index in [4.69, 9.17) is 4.42 Å². The maximum Gasteiger partial charge on any atom is 0.120 e. The molecule has 0 amide bonds. The van der Waals surface area contributed by atoms with Crippen LogP contribution in [-0.4, -0.2) is 0 Å². The minimum Gasteiger partial charge on any atom is -0.468 e. The van der Waals surface area contributed by atoms with Crippen LogP contribution in [0.2, 0.25) is 0 Å². The van der Waals surface area contributed by atoms with Crippen molar-refractivity contribution in [3.05, 3.63) is 82.4 Å². The Morgan fingerprint density at radius 3 is 2.52 bits per heavy atom. The molecule has 0 aliphatic rings. The zero-order valence-electron chi connectivity index (χ0n) is 12.0. The standard InChI is InChI=1S/C18H19NOS/c1-2-15(16-10-6-12-20-16)19-18(17-11-7-13-21-17)14-8-4-3-5-9-14/h3-13,15,18-19H,2H2,1H3. The summed E-state index contributed by atoms with van der Waals surface area (Å²) in [6.45, 7) is 2.18. The fraction of sp³-hybridized carbons (Fsp3) is 0.222. The van der Waals surface area contributed by atoms with Crippen molar-refractivity contribution in [3.8, 4) is 0 Å². The van der Waals surface area contributed by atoms with Gasteiger partial charge in [-0.1, -0.05) is 43.3 Å². The van der Waals surface area contributed by atoms with E-state index in [-0.39, 0.29) is 12.1 Å². The first-order valence-electron chi connectivity index (χ1n) is 7.26. The summed E-state index contributed by atoms with van der Waals surface area (Å²) in [6, 6.07) is 19.3. The van der Waals surface area contributed by atoms with E-state index in [1.807, 2.05) is 12.1 Å². The fourth-order valence-corrected chi connectivity index (χ4v) is 3.35. The number of rotatable bonds is 6. The number of hydrogen-bond donors (Lipinski definition) is 1. The smallest absolute Gasteiger partial charge is 0.120 e.